The summed E-state index contributed by atoms with van der Waals surface area (Å²) in [7, 11) is 3.26. The average Bonchev–Trinajstić information content (AvgIpc) is 2.89. The van der Waals surface area contributed by atoms with E-state index in [1.807, 2.05) is 35.0 Å². The number of hydrogen-bond acceptors (Lipinski definition) is 4. The van der Waals surface area contributed by atoms with Gasteiger partial charge in [0, 0.05) is 35.8 Å². The summed E-state index contributed by atoms with van der Waals surface area (Å²) in [6.07, 6.45) is 5.62. The molecule has 112 valence electrons. The molecule has 1 aromatic heterocycles. The van der Waals surface area contributed by atoms with Crippen molar-refractivity contribution >= 4 is 34.8 Å². The van der Waals surface area contributed by atoms with Crippen molar-refractivity contribution in [3.8, 4) is 22.8 Å². The Bertz CT molecular complexity index is 672. The molecule has 0 aliphatic carbocycles. The normalized spacial score (nSPS) is 12.6. The van der Waals surface area contributed by atoms with Crippen LogP contribution in [0.1, 0.15) is 5.82 Å². The van der Waals surface area contributed by atoms with Crippen LogP contribution in [-0.4, -0.2) is 28.2 Å². The molecule has 0 fully saturated rings. The number of imidazole rings is 1. The van der Waals surface area contributed by atoms with Crippen molar-refractivity contribution in [1.29, 1.82) is 0 Å². The lowest BCUT2D eigenvalue weighted by atomic mass is 10.1. The second kappa shape index (κ2) is 6.41. The first-order chi connectivity index (χ1) is 9.71. The minimum atomic E-state index is 0. The molecule has 0 bridgehead atoms. The highest BCUT2D eigenvalue weighted by molar-refractivity contribution is 8.93. The van der Waals surface area contributed by atoms with E-state index in [0.717, 1.165) is 28.6 Å². The Labute approximate surface area is 138 Å². The zero-order valence-corrected chi connectivity index (χ0v) is 14.1. The van der Waals surface area contributed by atoms with E-state index < -0.39 is 0 Å². The van der Waals surface area contributed by atoms with Gasteiger partial charge in [-0.1, -0.05) is 0 Å². The van der Waals surface area contributed by atoms with Crippen molar-refractivity contribution in [3.05, 3.63) is 36.4 Å². The molecule has 2 heterocycles. The first-order valence-electron chi connectivity index (χ1n) is 6.11. The lowest BCUT2D eigenvalue weighted by Crippen LogP contribution is -2.15. The van der Waals surface area contributed by atoms with Crippen molar-refractivity contribution < 1.29 is 9.47 Å². The van der Waals surface area contributed by atoms with Gasteiger partial charge in [-0.3, -0.25) is 4.42 Å². The minimum absolute atomic E-state index is 0. The van der Waals surface area contributed by atoms with Crippen molar-refractivity contribution in [1.82, 2.24) is 14.0 Å². The summed E-state index contributed by atoms with van der Waals surface area (Å²) in [5.74, 6) is 2.35. The van der Waals surface area contributed by atoms with Crippen molar-refractivity contribution in [2.45, 2.75) is 6.67 Å². The van der Waals surface area contributed by atoms with Gasteiger partial charge in [-0.15, -0.1) is 17.0 Å². The number of fused-ring (bicyclic) bond motifs is 1. The van der Waals surface area contributed by atoms with Crippen LogP contribution in [0.5, 0.6) is 11.5 Å². The number of aromatic nitrogens is 2. The third-order valence-electron chi connectivity index (χ3n) is 3.16. The lowest BCUT2D eigenvalue weighted by molar-refractivity contribution is 0.395. The summed E-state index contributed by atoms with van der Waals surface area (Å²) in [6, 6.07) is 5.67. The van der Waals surface area contributed by atoms with Gasteiger partial charge in [0.1, 0.15) is 24.0 Å². The van der Waals surface area contributed by atoms with Gasteiger partial charge in [-0.2, -0.15) is 0 Å². The van der Waals surface area contributed by atoms with E-state index in [1.54, 1.807) is 24.8 Å². The van der Waals surface area contributed by atoms with Gasteiger partial charge in [0.05, 0.1) is 19.9 Å². The number of nitrogens with zero attached hydrogens (tertiary/aromatic N) is 3. The van der Waals surface area contributed by atoms with E-state index in [1.165, 1.54) is 0 Å². The van der Waals surface area contributed by atoms with Gasteiger partial charge in [-0.25, -0.2) is 4.98 Å². The molecule has 0 atom stereocenters. The standard InChI is InChI=1S/C14H14ClN3O2.BrH/c1-19-10-3-4-11(13(7-10)20-2)12-8-17-9-18(15)6-5-14(17)16-12;/h3-8H,9H2,1-2H3;1H. The van der Waals surface area contributed by atoms with Crippen LogP contribution < -0.4 is 9.47 Å². The number of ether oxygens (including phenoxy) is 2. The number of methoxy groups -OCH3 is 2. The second-order valence-electron chi connectivity index (χ2n) is 4.38. The molecule has 0 saturated carbocycles. The molecule has 1 aromatic carbocycles. The first-order valence-corrected chi connectivity index (χ1v) is 6.45. The molecule has 0 saturated heterocycles. The third kappa shape index (κ3) is 3.01. The van der Waals surface area contributed by atoms with Gasteiger partial charge in [0.15, 0.2) is 0 Å². The summed E-state index contributed by atoms with van der Waals surface area (Å²) < 4.78 is 14.2. The van der Waals surface area contributed by atoms with Gasteiger partial charge < -0.3 is 14.0 Å². The van der Waals surface area contributed by atoms with Crippen LogP contribution in [0.4, 0.5) is 0 Å². The smallest absolute Gasteiger partial charge is 0.136 e. The van der Waals surface area contributed by atoms with Crippen LogP contribution in [0.15, 0.2) is 30.6 Å². The van der Waals surface area contributed by atoms with E-state index in [0.29, 0.717) is 6.67 Å². The number of halogens is 2. The fraction of sp³-hybridized carbons (Fsp3) is 0.214. The van der Waals surface area contributed by atoms with E-state index >= 15 is 0 Å². The fourth-order valence-electron chi connectivity index (χ4n) is 2.16. The Balaban J connectivity index is 0.00000161. The quantitative estimate of drug-likeness (QED) is 0.773. The van der Waals surface area contributed by atoms with Crippen molar-refractivity contribution in [2.24, 2.45) is 0 Å². The molecule has 0 N–H and O–H groups in total. The SMILES string of the molecule is Br.COc1ccc(-c2cn3c(n2)C=CN(Cl)C3)c(OC)c1. The molecular formula is C14H15BrClN3O2. The zero-order chi connectivity index (χ0) is 14.1. The van der Waals surface area contributed by atoms with Gasteiger partial charge in [-0.05, 0) is 18.2 Å². The van der Waals surface area contributed by atoms with Crippen molar-refractivity contribution in [2.75, 3.05) is 14.2 Å². The summed E-state index contributed by atoms with van der Waals surface area (Å²) in [4.78, 5) is 4.59. The van der Waals surface area contributed by atoms with Crippen LogP contribution >= 0.6 is 28.8 Å². The summed E-state index contributed by atoms with van der Waals surface area (Å²) in [5, 5.41) is 0. The molecule has 1 aliphatic rings. The van der Waals surface area contributed by atoms with Gasteiger partial charge in [0.2, 0.25) is 0 Å². The molecule has 0 amide bonds. The van der Waals surface area contributed by atoms with Gasteiger partial charge in [0.25, 0.3) is 0 Å². The second-order valence-corrected chi connectivity index (χ2v) is 4.81. The number of benzene rings is 1. The van der Waals surface area contributed by atoms with Crippen LogP contribution in [0.3, 0.4) is 0 Å². The lowest BCUT2D eigenvalue weighted by Gasteiger charge is -2.16. The van der Waals surface area contributed by atoms with Crippen LogP contribution in [0, 0.1) is 0 Å². The Hall–Kier alpha value is -1.66. The highest BCUT2D eigenvalue weighted by Gasteiger charge is 2.15. The topological polar surface area (TPSA) is 39.5 Å². The molecule has 0 spiro atoms. The predicted octanol–water partition coefficient (Wildman–Crippen LogP) is 3.54. The molecule has 2 aromatic rings. The van der Waals surface area contributed by atoms with Gasteiger partial charge >= 0.3 is 0 Å². The van der Waals surface area contributed by atoms with Crippen LogP contribution in [0.2, 0.25) is 0 Å². The molecular weight excluding hydrogens is 358 g/mol. The molecule has 1 aliphatic heterocycles. The van der Waals surface area contributed by atoms with E-state index in [2.05, 4.69) is 4.98 Å². The average molecular weight is 373 g/mol. The highest BCUT2D eigenvalue weighted by Crippen LogP contribution is 2.33. The third-order valence-corrected chi connectivity index (χ3v) is 3.38. The van der Waals surface area contributed by atoms with Crippen LogP contribution in [0.25, 0.3) is 17.3 Å². The summed E-state index contributed by atoms with van der Waals surface area (Å²) in [5.41, 5.74) is 1.76. The molecule has 3 rings (SSSR count). The minimum Gasteiger partial charge on any atom is -0.497 e. The van der Waals surface area contributed by atoms with Crippen molar-refractivity contribution in [3.63, 3.8) is 0 Å². The Morgan fingerprint density at radius 3 is 2.76 bits per heavy atom. The fourth-order valence-corrected chi connectivity index (χ4v) is 2.33. The maximum atomic E-state index is 5.95. The van der Waals surface area contributed by atoms with E-state index in [4.69, 9.17) is 21.3 Å². The van der Waals surface area contributed by atoms with Crippen LogP contribution in [-0.2, 0) is 6.67 Å². The summed E-state index contributed by atoms with van der Waals surface area (Å²) >= 11 is 5.95. The Morgan fingerprint density at radius 2 is 2.05 bits per heavy atom. The molecule has 0 unspecified atom stereocenters. The number of rotatable bonds is 3. The first kappa shape index (κ1) is 15.7. The molecule has 5 nitrogen and oxygen atoms in total. The maximum absolute atomic E-state index is 5.95. The Kier molecular flexibility index (Phi) is 4.80. The predicted molar refractivity (Wildman–Crippen MR) is 87.8 cm³/mol. The molecule has 0 radical (unpaired) electrons. The molecule has 21 heavy (non-hydrogen) atoms. The molecule has 7 heteroatoms. The van der Waals surface area contributed by atoms with E-state index in [9.17, 15) is 0 Å². The monoisotopic (exact) mass is 371 g/mol. The summed E-state index contributed by atoms with van der Waals surface area (Å²) in [6.45, 7) is 0.568. The Morgan fingerprint density at radius 1 is 1.24 bits per heavy atom. The largest absolute Gasteiger partial charge is 0.497 e. The highest BCUT2D eigenvalue weighted by atomic mass is 79.9. The number of hydrogen-bond donors (Lipinski definition) is 0. The van der Waals surface area contributed by atoms with E-state index in [-0.39, 0.29) is 17.0 Å². The maximum Gasteiger partial charge on any atom is 0.136 e. The zero-order valence-electron chi connectivity index (χ0n) is 11.6.